The SMILES string of the molecule is CC(C)P1C(C(C)(C)C)=PC(C(C)(C)C)P=C1C(C)(C)C. The first-order chi connectivity index (χ1) is 9.15. The monoisotopic (exact) mass is 344 g/mol. The van der Waals surface area contributed by atoms with E-state index in [1.54, 1.807) is 16.4 Å². The summed E-state index contributed by atoms with van der Waals surface area (Å²) in [6, 6.07) is 0. The van der Waals surface area contributed by atoms with Crippen molar-refractivity contribution in [1.82, 2.24) is 0 Å². The van der Waals surface area contributed by atoms with E-state index in [9.17, 15) is 0 Å². The molecule has 0 aromatic rings. The minimum atomic E-state index is -0.0989. The van der Waals surface area contributed by atoms with Crippen LogP contribution in [0.25, 0.3) is 0 Å². The molecule has 0 saturated carbocycles. The second kappa shape index (κ2) is 6.34. The van der Waals surface area contributed by atoms with Crippen molar-refractivity contribution in [2.75, 3.05) is 0 Å². The molecule has 0 aromatic carbocycles. The summed E-state index contributed by atoms with van der Waals surface area (Å²) >= 11 is 0. The molecule has 0 spiro atoms. The van der Waals surface area contributed by atoms with Crippen LogP contribution in [-0.4, -0.2) is 21.1 Å². The van der Waals surface area contributed by atoms with E-state index in [1.807, 2.05) is 10.1 Å². The van der Waals surface area contributed by atoms with Crippen molar-refractivity contribution in [2.45, 2.75) is 87.2 Å². The maximum absolute atomic E-state index is 2.44. The Morgan fingerprint density at radius 1 is 0.762 bits per heavy atom. The summed E-state index contributed by atoms with van der Waals surface area (Å²) in [6.07, 6.45) is 0. The molecule has 1 heterocycles. The van der Waals surface area contributed by atoms with E-state index in [4.69, 9.17) is 0 Å². The molecule has 0 bridgehead atoms. The highest BCUT2D eigenvalue weighted by Gasteiger charge is 2.40. The van der Waals surface area contributed by atoms with Crippen LogP contribution in [-0.2, 0) is 0 Å². The van der Waals surface area contributed by atoms with Gasteiger partial charge in [0.05, 0.1) is 0 Å². The standard InChI is InChI=1S/C18H35P3/c1-12(2)21-14(17(6,7)8)19-13(16(3,4)5)20-15(21)18(9,10)11/h12-13H,1-11H3. The summed E-state index contributed by atoms with van der Waals surface area (Å²) in [5.74, 6) is 0. The van der Waals surface area contributed by atoms with Gasteiger partial charge in [0.2, 0.25) is 0 Å². The molecule has 21 heavy (non-hydrogen) atoms. The van der Waals surface area contributed by atoms with Crippen LogP contribution in [0.2, 0.25) is 0 Å². The summed E-state index contributed by atoms with van der Waals surface area (Å²) in [5, 5.41) is 4.41. The number of hydrogen-bond acceptors (Lipinski definition) is 0. The Balaban J connectivity index is 3.50. The van der Waals surface area contributed by atoms with Crippen LogP contribution in [0, 0.1) is 16.2 Å². The van der Waals surface area contributed by atoms with Crippen molar-refractivity contribution >= 4 is 34.4 Å². The van der Waals surface area contributed by atoms with Crippen molar-refractivity contribution in [3.63, 3.8) is 0 Å². The predicted molar refractivity (Wildman–Crippen MR) is 108 cm³/mol. The lowest BCUT2D eigenvalue weighted by Gasteiger charge is -2.44. The van der Waals surface area contributed by atoms with Gasteiger partial charge in [-0.05, 0) is 39.9 Å². The van der Waals surface area contributed by atoms with Gasteiger partial charge in [0.15, 0.2) is 0 Å². The maximum Gasteiger partial charge on any atom is 0.0482 e. The highest BCUT2D eigenvalue weighted by Crippen LogP contribution is 2.63. The second-order valence-corrected chi connectivity index (χ2v) is 15.8. The first-order valence-corrected chi connectivity index (χ1v) is 11.5. The average Bonchev–Trinajstić information content (AvgIpc) is 2.23. The van der Waals surface area contributed by atoms with Gasteiger partial charge in [0, 0.05) is 5.40 Å². The lowest BCUT2D eigenvalue weighted by molar-refractivity contribution is 0.457. The third kappa shape index (κ3) is 4.87. The first-order valence-electron chi connectivity index (χ1n) is 8.11. The van der Waals surface area contributed by atoms with E-state index >= 15 is 0 Å². The molecule has 1 aliphatic heterocycles. The number of hydrogen-bond donors (Lipinski definition) is 0. The summed E-state index contributed by atoms with van der Waals surface area (Å²) in [7, 11) is 3.15. The third-order valence-corrected chi connectivity index (χ3v) is 13.4. The van der Waals surface area contributed by atoms with E-state index in [-0.39, 0.29) is 7.92 Å². The summed E-state index contributed by atoms with van der Waals surface area (Å²) in [4.78, 5) is 0. The largest absolute Gasteiger partial charge is 0.0865 e. The Morgan fingerprint density at radius 2 is 1.10 bits per heavy atom. The molecule has 0 saturated heterocycles. The van der Waals surface area contributed by atoms with Crippen LogP contribution >= 0.6 is 24.3 Å². The maximum atomic E-state index is 2.44. The normalized spacial score (nSPS) is 26.5. The van der Waals surface area contributed by atoms with Crippen molar-refractivity contribution in [3.8, 4) is 0 Å². The molecule has 1 rings (SSSR count). The summed E-state index contributed by atoms with van der Waals surface area (Å²) < 4.78 is 0. The fraction of sp³-hybridized carbons (Fsp3) is 0.889. The van der Waals surface area contributed by atoms with Gasteiger partial charge in [-0.15, -0.1) is 0 Å². The summed E-state index contributed by atoms with van der Waals surface area (Å²) in [6.45, 7) is 26.7. The minimum Gasteiger partial charge on any atom is -0.0865 e. The van der Waals surface area contributed by atoms with E-state index in [1.165, 1.54) is 0 Å². The van der Waals surface area contributed by atoms with Crippen LogP contribution in [0.1, 0.15) is 76.2 Å². The summed E-state index contributed by atoms with van der Waals surface area (Å²) in [5.41, 5.74) is 1.81. The Kier molecular flexibility index (Phi) is 5.99. The van der Waals surface area contributed by atoms with Crippen LogP contribution in [0.15, 0.2) is 0 Å². The van der Waals surface area contributed by atoms with E-state index in [0.29, 0.717) is 16.2 Å². The molecule has 0 amide bonds. The minimum absolute atomic E-state index is 0.0989. The molecular weight excluding hydrogens is 309 g/mol. The fourth-order valence-electron chi connectivity index (χ4n) is 2.47. The molecule has 0 N–H and O–H groups in total. The molecule has 0 nitrogen and oxygen atoms in total. The van der Waals surface area contributed by atoms with Gasteiger partial charge in [0.1, 0.15) is 0 Å². The van der Waals surface area contributed by atoms with Crippen LogP contribution in [0.5, 0.6) is 0 Å². The Bertz CT molecular complexity index is 405. The molecule has 0 fully saturated rings. The number of rotatable bonds is 1. The van der Waals surface area contributed by atoms with E-state index in [2.05, 4.69) is 76.2 Å². The van der Waals surface area contributed by atoms with Gasteiger partial charge in [0.25, 0.3) is 0 Å². The third-order valence-electron chi connectivity index (χ3n) is 3.58. The molecule has 0 atom stereocenters. The zero-order valence-corrected chi connectivity index (χ0v) is 18.7. The molecule has 1 aliphatic rings. The predicted octanol–water partition coefficient (Wildman–Crippen LogP) is 7.51. The van der Waals surface area contributed by atoms with Gasteiger partial charge in [-0.3, -0.25) is 0 Å². The highest BCUT2D eigenvalue weighted by atomic mass is 31.2. The second-order valence-electron chi connectivity index (χ2n) is 9.61. The van der Waals surface area contributed by atoms with E-state index in [0.717, 1.165) is 11.1 Å². The van der Waals surface area contributed by atoms with Crippen molar-refractivity contribution < 1.29 is 0 Å². The smallest absolute Gasteiger partial charge is 0.0482 e. The first kappa shape index (κ1) is 19.8. The lowest BCUT2D eigenvalue weighted by atomic mass is 9.99. The Labute approximate surface area is 138 Å². The van der Waals surface area contributed by atoms with Crippen molar-refractivity contribution in [3.05, 3.63) is 0 Å². The van der Waals surface area contributed by atoms with Crippen LogP contribution < -0.4 is 0 Å². The average molecular weight is 344 g/mol. The Hall–Kier alpha value is 0.770. The molecular formula is C18H35P3. The van der Waals surface area contributed by atoms with Gasteiger partial charge in [-0.25, -0.2) is 0 Å². The molecule has 0 aliphatic carbocycles. The van der Waals surface area contributed by atoms with Gasteiger partial charge >= 0.3 is 0 Å². The van der Waals surface area contributed by atoms with Crippen molar-refractivity contribution in [1.29, 1.82) is 0 Å². The van der Waals surface area contributed by atoms with Gasteiger partial charge in [-0.2, -0.15) is 0 Å². The highest BCUT2D eigenvalue weighted by molar-refractivity contribution is 8.05. The molecule has 122 valence electrons. The molecule has 3 heteroatoms. The topological polar surface area (TPSA) is 0 Å². The van der Waals surface area contributed by atoms with Gasteiger partial charge < -0.3 is 0 Å². The zero-order chi connectivity index (χ0) is 16.8. The Morgan fingerprint density at radius 3 is 1.29 bits per heavy atom. The van der Waals surface area contributed by atoms with E-state index < -0.39 is 0 Å². The molecule has 0 unspecified atom stereocenters. The van der Waals surface area contributed by atoms with Crippen LogP contribution in [0.4, 0.5) is 0 Å². The molecule has 0 aromatic heterocycles. The molecule has 0 radical (unpaired) electrons. The van der Waals surface area contributed by atoms with Gasteiger partial charge in [-0.1, -0.05) is 92.6 Å². The van der Waals surface area contributed by atoms with Crippen molar-refractivity contribution in [2.24, 2.45) is 16.2 Å². The lowest BCUT2D eigenvalue weighted by Crippen LogP contribution is -2.32. The fourth-order valence-corrected chi connectivity index (χ4v) is 12.5. The van der Waals surface area contributed by atoms with Crippen LogP contribution in [0.3, 0.4) is 0 Å². The zero-order valence-electron chi connectivity index (χ0n) is 16.0. The quantitative estimate of drug-likeness (QED) is 0.432.